The summed E-state index contributed by atoms with van der Waals surface area (Å²) in [7, 11) is 0. The monoisotopic (exact) mass is 350 g/mol. The van der Waals surface area contributed by atoms with Crippen molar-refractivity contribution in [2.75, 3.05) is 0 Å². The van der Waals surface area contributed by atoms with Gasteiger partial charge in [0.25, 0.3) is 0 Å². The van der Waals surface area contributed by atoms with E-state index in [0.29, 0.717) is 12.4 Å². The molecule has 4 aromatic heterocycles. The summed E-state index contributed by atoms with van der Waals surface area (Å²) in [6.07, 6.45) is 10.5. The van der Waals surface area contributed by atoms with Gasteiger partial charge >= 0.3 is 0 Å². The van der Waals surface area contributed by atoms with Gasteiger partial charge in [-0.05, 0) is 25.5 Å². The zero-order chi connectivity index (χ0) is 18.1. The van der Waals surface area contributed by atoms with Gasteiger partial charge in [-0.25, -0.2) is 24.3 Å². The Labute approximate surface area is 150 Å². The van der Waals surface area contributed by atoms with E-state index in [1.54, 1.807) is 31.1 Å². The summed E-state index contributed by atoms with van der Waals surface area (Å²) in [5, 5.41) is 0. The van der Waals surface area contributed by atoms with Gasteiger partial charge in [-0.2, -0.15) is 0 Å². The van der Waals surface area contributed by atoms with Crippen LogP contribution >= 0.6 is 0 Å². The highest BCUT2D eigenvalue weighted by atomic mass is 19.1. The van der Waals surface area contributed by atoms with E-state index in [1.165, 1.54) is 11.6 Å². The second kappa shape index (κ2) is 6.67. The molecule has 0 saturated carbocycles. The van der Waals surface area contributed by atoms with E-state index >= 15 is 0 Å². The van der Waals surface area contributed by atoms with Crippen molar-refractivity contribution in [2.45, 2.75) is 33.2 Å². The van der Waals surface area contributed by atoms with Gasteiger partial charge in [0.2, 0.25) is 0 Å². The van der Waals surface area contributed by atoms with Crippen molar-refractivity contribution in [3.8, 4) is 11.5 Å². The molecule has 0 radical (unpaired) electrons. The maximum Gasteiger partial charge on any atom is 0.162 e. The maximum absolute atomic E-state index is 14.1. The first kappa shape index (κ1) is 16.4. The Morgan fingerprint density at radius 3 is 2.73 bits per heavy atom. The molecule has 26 heavy (non-hydrogen) atoms. The summed E-state index contributed by atoms with van der Waals surface area (Å²) in [5.74, 6) is 0.112. The first-order valence-corrected chi connectivity index (χ1v) is 8.61. The molecule has 0 bridgehead atoms. The van der Waals surface area contributed by atoms with Crippen LogP contribution in [0.2, 0.25) is 0 Å². The largest absolute Gasteiger partial charge is 0.324 e. The summed E-state index contributed by atoms with van der Waals surface area (Å²) in [5.41, 5.74) is 4.45. The number of rotatable bonds is 5. The molecule has 4 heterocycles. The first-order valence-electron chi connectivity index (χ1n) is 8.61. The van der Waals surface area contributed by atoms with Gasteiger partial charge in [0.1, 0.15) is 18.3 Å². The van der Waals surface area contributed by atoms with E-state index in [2.05, 4.69) is 26.9 Å². The third kappa shape index (κ3) is 2.75. The number of pyridine rings is 1. The smallest absolute Gasteiger partial charge is 0.162 e. The lowest BCUT2D eigenvalue weighted by molar-refractivity contribution is 0.621. The quantitative estimate of drug-likeness (QED) is 0.553. The summed E-state index contributed by atoms with van der Waals surface area (Å²) in [4.78, 5) is 17.5. The number of fused-ring (bicyclic) bond motifs is 1. The van der Waals surface area contributed by atoms with Crippen molar-refractivity contribution < 1.29 is 4.39 Å². The zero-order valence-corrected chi connectivity index (χ0v) is 14.7. The zero-order valence-electron chi connectivity index (χ0n) is 14.7. The fourth-order valence-electron chi connectivity index (χ4n) is 3.28. The van der Waals surface area contributed by atoms with Crippen LogP contribution in [0.15, 0.2) is 43.4 Å². The highest BCUT2D eigenvalue weighted by Crippen LogP contribution is 2.23. The highest BCUT2D eigenvalue weighted by molar-refractivity contribution is 5.60. The predicted octanol–water partition coefficient (Wildman–Crippen LogP) is 3.44. The molecule has 6 nitrogen and oxygen atoms in total. The minimum Gasteiger partial charge on any atom is -0.324 e. The second-order valence-electron chi connectivity index (χ2n) is 6.22. The van der Waals surface area contributed by atoms with Gasteiger partial charge in [-0.3, -0.25) is 4.40 Å². The van der Waals surface area contributed by atoms with E-state index in [4.69, 9.17) is 0 Å². The Balaban J connectivity index is 1.80. The van der Waals surface area contributed by atoms with E-state index in [1.807, 2.05) is 22.1 Å². The lowest BCUT2D eigenvalue weighted by Gasteiger charge is -2.13. The number of halogens is 1. The number of nitrogens with zero attached hydrogens (tertiary/aromatic N) is 6. The van der Waals surface area contributed by atoms with Crippen molar-refractivity contribution in [1.82, 2.24) is 28.9 Å². The molecule has 7 heteroatoms. The molecule has 0 aliphatic rings. The van der Waals surface area contributed by atoms with Crippen molar-refractivity contribution in [2.24, 2.45) is 0 Å². The minimum absolute atomic E-state index is 0.246. The molecule has 0 unspecified atom stereocenters. The minimum atomic E-state index is -0.385. The van der Waals surface area contributed by atoms with E-state index in [0.717, 1.165) is 29.7 Å². The normalized spacial score (nSPS) is 11.3. The van der Waals surface area contributed by atoms with Crippen LogP contribution in [0.4, 0.5) is 4.39 Å². The Bertz CT molecular complexity index is 1070. The summed E-state index contributed by atoms with van der Waals surface area (Å²) in [6.45, 7) is 4.65. The molecule has 132 valence electrons. The molecule has 0 aliphatic heterocycles. The number of hydrogen-bond acceptors (Lipinski definition) is 4. The molecule has 0 aliphatic carbocycles. The van der Waals surface area contributed by atoms with Crippen molar-refractivity contribution >= 4 is 5.52 Å². The summed E-state index contributed by atoms with van der Waals surface area (Å²) < 4.78 is 18.0. The molecule has 4 rings (SSSR count). The standard InChI is InChI=1S/C19H19FN6/c1-3-5-14-16(24-12-26-11-23-13(2)18(14)26)10-25-9-8-22-19(25)17-15(20)6-4-7-21-17/h4,6-9,11-12H,3,5,10H2,1-2H3. The third-order valence-electron chi connectivity index (χ3n) is 4.45. The number of hydrogen-bond donors (Lipinski definition) is 0. The van der Waals surface area contributed by atoms with Gasteiger partial charge in [0.15, 0.2) is 11.6 Å². The molecule has 0 fully saturated rings. The van der Waals surface area contributed by atoms with Gasteiger partial charge < -0.3 is 4.57 Å². The van der Waals surface area contributed by atoms with Gasteiger partial charge in [0, 0.05) is 24.2 Å². The maximum atomic E-state index is 14.1. The highest BCUT2D eigenvalue weighted by Gasteiger charge is 2.16. The van der Waals surface area contributed by atoms with Crippen LogP contribution < -0.4 is 0 Å². The lowest BCUT2D eigenvalue weighted by Crippen LogP contribution is -2.09. The van der Waals surface area contributed by atoms with Crippen molar-refractivity contribution in [3.63, 3.8) is 0 Å². The Morgan fingerprint density at radius 2 is 1.92 bits per heavy atom. The van der Waals surface area contributed by atoms with Crippen molar-refractivity contribution in [3.05, 3.63) is 66.1 Å². The Morgan fingerprint density at radius 1 is 1.08 bits per heavy atom. The topological polar surface area (TPSA) is 60.9 Å². The molecule has 4 aromatic rings. The van der Waals surface area contributed by atoms with Gasteiger partial charge in [-0.15, -0.1) is 0 Å². The molecule has 0 aromatic carbocycles. The van der Waals surface area contributed by atoms with Crippen LogP contribution in [0.3, 0.4) is 0 Å². The molecule has 0 saturated heterocycles. The van der Waals surface area contributed by atoms with Crippen LogP contribution in [0.1, 0.15) is 30.3 Å². The third-order valence-corrected chi connectivity index (χ3v) is 4.45. The van der Waals surface area contributed by atoms with Crippen LogP contribution in [-0.4, -0.2) is 28.9 Å². The van der Waals surface area contributed by atoms with Crippen LogP contribution in [-0.2, 0) is 13.0 Å². The van der Waals surface area contributed by atoms with Gasteiger partial charge in [-0.1, -0.05) is 13.3 Å². The Kier molecular flexibility index (Phi) is 4.20. The van der Waals surface area contributed by atoms with Crippen molar-refractivity contribution in [1.29, 1.82) is 0 Å². The molecular weight excluding hydrogens is 331 g/mol. The first-order chi connectivity index (χ1) is 12.7. The van der Waals surface area contributed by atoms with E-state index < -0.39 is 0 Å². The fraction of sp³-hybridized carbons (Fsp3) is 0.263. The predicted molar refractivity (Wildman–Crippen MR) is 96.2 cm³/mol. The van der Waals surface area contributed by atoms with Crippen LogP contribution in [0.5, 0.6) is 0 Å². The fourth-order valence-corrected chi connectivity index (χ4v) is 3.28. The average Bonchev–Trinajstić information content (AvgIpc) is 3.24. The summed E-state index contributed by atoms with van der Waals surface area (Å²) in [6, 6.07) is 2.97. The van der Waals surface area contributed by atoms with Crippen LogP contribution in [0, 0.1) is 12.7 Å². The molecule has 0 amide bonds. The Hall–Kier alpha value is -3.09. The SMILES string of the molecule is CCCc1c(Cn2ccnc2-c2ncccc2F)ncn2cnc(C)c12. The summed E-state index contributed by atoms with van der Waals surface area (Å²) >= 11 is 0. The molecular formula is C19H19FN6. The van der Waals surface area contributed by atoms with Gasteiger partial charge in [0.05, 0.1) is 23.4 Å². The number of imidazole rings is 2. The molecule has 0 atom stereocenters. The number of aryl methyl sites for hydroxylation is 2. The number of aromatic nitrogens is 6. The lowest BCUT2D eigenvalue weighted by atomic mass is 10.1. The molecule has 0 N–H and O–H groups in total. The van der Waals surface area contributed by atoms with Crippen LogP contribution in [0.25, 0.3) is 17.0 Å². The molecule has 0 spiro atoms. The second-order valence-corrected chi connectivity index (χ2v) is 6.22. The van der Waals surface area contributed by atoms with E-state index in [-0.39, 0.29) is 11.5 Å². The average molecular weight is 350 g/mol. The van der Waals surface area contributed by atoms with E-state index in [9.17, 15) is 4.39 Å².